The number of aromatic nitrogens is 3. The molecule has 1 aliphatic heterocycles. The monoisotopic (exact) mass is 465 g/mol. The fraction of sp³-hybridized carbons (Fsp3) is 0.250. The average Bonchev–Trinajstić information content (AvgIpc) is 3.13. The second kappa shape index (κ2) is 8.60. The first-order valence-corrected chi connectivity index (χ1v) is 10.2. The van der Waals surface area contributed by atoms with E-state index in [4.69, 9.17) is 38.5 Å². The molecule has 11 heteroatoms. The molecule has 2 N–H and O–H groups in total. The molecule has 8 nitrogen and oxygen atoms in total. The van der Waals surface area contributed by atoms with Gasteiger partial charge in [-0.05, 0) is 31.5 Å². The summed E-state index contributed by atoms with van der Waals surface area (Å²) in [6.07, 6.45) is 4.40. The number of carbonyl (C=O) groups excluding carboxylic acids is 1. The van der Waals surface area contributed by atoms with Crippen LogP contribution >= 0.6 is 23.2 Å². The zero-order valence-electron chi connectivity index (χ0n) is 16.4. The molecule has 0 spiro atoms. The fourth-order valence-corrected chi connectivity index (χ4v) is 3.69. The van der Waals surface area contributed by atoms with E-state index in [0.717, 1.165) is 11.3 Å². The van der Waals surface area contributed by atoms with Crippen LogP contribution in [0.1, 0.15) is 25.0 Å². The van der Waals surface area contributed by atoms with Gasteiger partial charge in [-0.3, -0.25) is 4.84 Å². The van der Waals surface area contributed by atoms with Crippen LogP contribution in [0.4, 0.5) is 15.0 Å². The molecule has 2 aromatic heterocycles. The Morgan fingerprint density at radius 1 is 1.26 bits per heavy atom. The van der Waals surface area contributed by atoms with Crippen molar-refractivity contribution in [2.24, 2.45) is 0 Å². The van der Waals surface area contributed by atoms with Crippen molar-refractivity contribution >= 4 is 35.1 Å². The summed E-state index contributed by atoms with van der Waals surface area (Å²) in [7, 11) is 0. The average molecular weight is 466 g/mol. The van der Waals surface area contributed by atoms with E-state index in [2.05, 4.69) is 10.1 Å². The van der Waals surface area contributed by atoms with Crippen molar-refractivity contribution in [3.8, 4) is 16.9 Å². The molecular formula is C20H18Cl2FN5O3. The number of halogens is 3. The largest absolute Gasteiger partial charge is 0.482 e. The number of nitrogens with zero attached hydrogens (tertiary/aromatic N) is 4. The maximum atomic E-state index is 13.9. The summed E-state index contributed by atoms with van der Waals surface area (Å²) in [5, 5.41) is 4.19. The number of benzene rings is 1. The first-order valence-electron chi connectivity index (χ1n) is 9.41. The highest BCUT2D eigenvalue weighted by Crippen LogP contribution is 2.36. The van der Waals surface area contributed by atoms with Gasteiger partial charge in [0, 0.05) is 41.0 Å². The van der Waals surface area contributed by atoms with Crippen molar-refractivity contribution in [1.29, 1.82) is 0 Å². The van der Waals surface area contributed by atoms with Crippen LogP contribution in [0.2, 0.25) is 10.0 Å². The summed E-state index contributed by atoms with van der Waals surface area (Å²) < 4.78 is 19.8. The maximum Gasteiger partial charge on any atom is 0.435 e. The van der Waals surface area contributed by atoms with Crippen molar-refractivity contribution in [3.63, 3.8) is 0 Å². The Kier molecular flexibility index (Phi) is 5.88. The second-order valence-corrected chi connectivity index (χ2v) is 7.74. The third-order valence-corrected chi connectivity index (χ3v) is 5.56. The summed E-state index contributed by atoms with van der Waals surface area (Å²) in [4.78, 5) is 23.9. The Morgan fingerprint density at radius 2 is 2.03 bits per heavy atom. The number of anilines is 1. The van der Waals surface area contributed by atoms with E-state index < -0.39 is 18.0 Å². The van der Waals surface area contributed by atoms with Crippen LogP contribution in [0.5, 0.6) is 5.75 Å². The molecule has 1 atom stereocenters. The number of likely N-dealkylation sites (tertiary alicyclic amines) is 1. The predicted molar refractivity (Wildman–Crippen MR) is 113 cm³/mol. The summed E-state index contributed by atoms with van der Waals surface area (Å²) in [5.41, 5.74) is 7.51. The Labute approximate surface area is 187 Å². The highest BCUT2D eigenvalue weighted by molar-refractivity contribution is 6.36. The van der Waals surface area contributed by atoms with Crippen LogP contribution in [0, 0.1) is 5.82 Å². The number of hydrogen-bond donors (Lipinski definition) is 1. The minimum Gasteiger partial charge on any atom is -0.482 e. The molecule has 0 radical (unpaired) electrons. The van der Waals surface area contributed by atoms with Crippen molar-refractivity contribution in [1.82, 2.24) is 19.8 Å². The fourth-order valence-electron chi connectivity index (χ4n) is 3.01. The molecule has 3 heterocycles. The van der Waals surface area contributed by atoms with Crippen LogP contribution in [0.25, 0.3) is 11.1 Å². The normalized spacial score (nSPS) is 14.1. The highest BCUT2D eigenvalue weighted by Gasteiger charge is 2.23. The lowest BCUT2D eigenvalue weighted by atomic mass is 10.1. The molecule has 0 aliphatic carbocycles. The lowest BCUT2D eigenvalue weighted by Gasteiger charge is -2.28. The Bertz CT molecular complexity index is 1140. The van der Waals surface area contributed by atoms with E-state index in [1.807, 2.05) is 0 Å². The summed E-state index contributed by atoms with van der Waals surface area (Å²) in [5.74, 6) is -0.209. The summed E-state index contributed by atoms with van der Waals surface area (Å²) in [6, 6.07) is 4.24. The molecule has 1 unspecified atom stereocenters. The molecular weight excluding hydrogens is 448 g/mol. The zero-order chi connectivity index (χ0) is 22.1. The molecule has 162 valence electrons. The first-order chi connectivity index (χ1) is 14.8. The van der Waals surface area contributed by atoms with E-state index >= 15 is 0 Å². The molecule has 1 aromatic carbocycles. The molecule has 0 saturated carbocycles. The van der Waals surface area contributed by atoms with Crippen molar-refractivity contribution < 1.29 is 18.8 Å². The summed E-state index contributed by atoms with van der Waals surface area (Å²) in [6.45, 7) is 3.02. The van der Waals surface area contributed by atoms with Crippen molar-refractivity contribution in [2.75, 3.05) is 18.8 Å². The van der Waals surface area contributed by atoms with E-state index in [0.29, 0.717) is 29.8 Å². The Balaban J connectivity index is 1.54. The van der Waals surface area contributed by atoms with E-state index in [9.17, 15) is 9.18 Å². The molecule has 31 heavy (non-hydrogen) atoms. The van der Waals surface area contributed by atoms with Gasteiger partial charge in [0.05, 0.1) is 17.4 Å². The van der Waals surface area contributed by atoms with Crippen molar-refractivity contribution in [3.05, 3.63) is 58.2 Å². The van der Waals surface area contributed by atoms with Crippen molar-refractivity contribution in [2.45, 2.75) is 19.4 Å². The number of nitrogens with two attached hydrogens (primary N) is 1. The first kappa shape index (κ1) is 21.2. The van der Waals surface area contributed by atoms with Gasteiger partial charge in [-0.25, -0.2) is 14.2 Å². The molecule has 4 rings (SSSR count). The van der Waals surface area contributed by atoms with Gasteiger partial charge < -0.3 is 15.4 Å². The number of amides is 1. The number of pyridine rings is 1. The Morgan fingerprint density at radius 3 is 2.74 bits per heavy atom. The van der Waals surface area contributed by atoms with Crippen LogP contribution in [-0.4, -0.2) is 39.0 Å². The zero-order valence-corrected chi connectivity index (χ0v) is 17.9. The highest BCUT2D eigenvalue weighted by atomic mass is 35.5. The topological polar surface area (TPSA) is 95.5 Å². The number of rotatable bonds is 5. The van der Waals surface area contributed by atoms with E-state index in [1.54, 1.807) is 24.1 Å². The Hall–Kier alpha value is -3.04. The molecule has 3 aromatic rings. The van der Waals surface area contributed by atoms with Gasteiger partial charge in [0.1, 0.15) is 11.9 Å². The molecule has 1 saturated heterocycles. The lowest BCUT2D eigenvalue weighted by molar-refractivity contribution is 0.0610. The van der Waals surface area contributed by atoms with Gasteiger partial charge >= 0.3 is 6.09 Å². The number of nitrogen functional groups attached to an aromatic ring is 1. The summed E-state index contributed by atoms with van der Waals surface area (Å²) >= 11 is 12.2. The minimum absolute atomic E-state index is 0.118. The van der Waals surface area contributed by atoms with Crippen LogP contribution in [-0.2, 0) is 0 Å². The van der Waals surface area contributed by atoms with Gasteiger partial charge in [0.25, 0.3) is 0 Å². The predicted octanol–water partition coefficient (Wildman–Crippen LogP) is 4.37. The quantitative estimate of drug-likeness (QED) is 0.562. The molecule has 1 amide bonds. The smallest absolute Gasteiger partial charge is 0.435 e. The lowest BCUT2D eigenvalue weighted by Crippen LogP contribution is -2.45. The van der Waals surface area contributed by atoms with Crippen LogP contribution in [0.3, 0.4) is 0 Å². The van der Waals surface area contributed by atoms with Gasteiger partial charge in [-0.2, -0.15) is 0 Å². The maximum absolute atomic E-state index is 13.9. The number of carbonyl (C=O) groups is 1. The van der Waals surface area contributed by atoms with Gasteiger partial charge in [-0.1, -0.05) is 28.0 Å². The standard InChI is InChI=1S/C20H18Cl2FN5O3/c1-11(17-14(21)3-4-15(23)18(17)22)30-16-7-12(8-25-19(16)24)13-9-26-28(10-13)31-20(29)27-5-2-6-27/h3-4,7-11H,2,5-6H2,1H3,(H2,24,25). The van der Waals surface area contributed by atoms with Crippen LogP contribution in [0.15, 0.2) is 36.8 Å². The third-order valence-electron chi connectivity index (χ3n) is 4.85. The second-order valence-electron chi connectivity index (χ2n) is 6.95. The van der Waals surface area contributed by atoms with E-state index in [1.165, 1.54) is 24.5 Å². The number of hydrogen-bond acceptors (Lipinski definition) is 6. The molecule has 0 bridgehead atoms. The third kappa shape index (κ3) is 4.38. The molecule has 1 aliphatic rings. The molecule has 1 fully saturated rings. The van der Waals surface area contributed by atoms with Gasteiger partial charge in [0.2, 0.25) is 0 Å². The van der Waals surface area contributed by atoms with Gasteiger partial charge in [0.15, 0.2) is 11.6 Å². The van der Waals surface area contributed by atoms with Crippen LogP contribution < -0.4 is 15.3 Å². The van der Waals surface area contributed by atoms with E-state index in [-0.39, 0.29) is 21.6 Å². The SMILES string of the molecule is CC(Oc1cc(-c2cnn(OC(=O)N3CCC3)c2)cnc1N)c1c(Cl)ccc(F)c1Cl. The minimum atomic E-state index is -0.699. The van der Waals surface area contributed by atoms with Gasteiger partial charge in [-0.15, -0.1) is 5.10 Å². The number of ether oxygens (including phenoxy) is 1.